The van der Waals surface area contributed by atoms with Crippen LogP contribution in [0.1, 0.15) is 56.7 Å². The van der Waals surface area contributed by atoms with Crippen LogP contribution >= 0.6 is 0 Å². The van der Waals surface area contributed by atoms with Gasteiger partial charge in [-0.15, -0.1) is 0 Å². The molecule has 1 N–H and O–H groups in total. The predicted octanol–water partition coefficient (Wildman–Crippen LogP) is 2.54. The number of nitrogens with zero attached hydrogens (tertiary/aromatic N) is 1. The molecule has 3 rings (SSSR count). The average Bonchev–Trinajstić information content (AvgIpc) is 2.84. The van der Waals surface area contributed by atoms with Crippen molar-refractivity contribution in [2.75, 3.05) is 6.54 Å². The van der Waals surface area contributed by atoms with E-state index in [-0.39, 0.29) is 5.41 Å². The van der Waals surface area contributed by atoms with Gasteiger partial charge in [0.15, 0.2) is 0 Å². The van der Waals surface area contributed by atoms with Crippen LogP contribution in [0.2, 0.25) is 0 Å². The van der Waals surface area contributed by atoms with Crippen molar-refractivity contribution in [1.82, 2.24) is 10.3 Å². The molecule has 1 aliphatic carbocycles. The second-order valence-corrected chi connectivity index (χ2v) is 5.13. The normalized spacial score (nSPS) is 29.0. The van der Waals surface area contributed by atoms with Gasteiger partial charge in [0.1, 0.15) is 5.76 Å². The maximum absolute atomic E-state index is 5.90. The molecule has 1 aliphatic heterocycles. The van der Waals surface area contributed by atoms with Gasteiger partial charge in [-0.05, 0) is 32.2 Å². The number of nitrogens with one attached hydrogen (secondary N) is 1. The van der Waals surface area contributed by atoms with Gasteiger partial charge < -0.3 is 9.73 Å². The van der Waals surface area contributed by atoms with Crippen LogP contribution in [0.5, 0.6) is 0 Å². The molecule has 2 heterocycles. The van der Waals surface area contributed by atoms with Gasteiger partial charge >= 0.3 is 0 Å². The third-order valence-corrected chi connectivity index (χ3v) is 3.93. The summed E-state index contributed by atoms with van der Waals surface area (Å²) in [6.07, 6.45) is 8.17. The highest BCUT2D eigenvalue weighted by molar-refractivity contribution is 5.14. The molecule has 0 aromatic carbocycles. The lowest BCUT2D eigenvalue weighted by molar-refractivity contribution is 0.215. The fourth-order valence-corrected chi connectivity index (χ4v) is 2.58. The monoisotopic (exact) mass is 206 g/mol. The summed E-state index contributed by atoms with van der Waals surface area (Å²) in [6, 6.07) is 0.363. The molecule has 0 spiro atoms. The molecule has 1 aromatic rings. The van der Waals surface area contributed by atoms with Gasteiger partial charge in [0.05, 0.1) is 12.2 Å². The molecule has 1 atom stereocenters. The molecule has 2 aliphatic rings. The van der Waals surface area contributed by atoms with E-state index in [2.05, 4.69) is 17.2 Å². The first kappa shape index (κ1) is 9.40. The smallest absolute Gasteiger partial charge is 0.211 e. The van der Waals surface area contributed by atoms with E-state index >= 15 is 0 Å². The van der Waals surface area contributed by atoms with Crippen molar-refractivity contribution >= 4 is 0 Å². The molecule has 1 aromatic heterocycles. The van der Waals surface area contributed by atoms with E-state index in [0.717, 1.165) is 24.6 Å². The highest BCUT2D eigenvalue weighted by atomic mass is 16.4. The van der Waals surface area contributed by atoms with E-state index in [0.29, 0.717) is 6.04 Å². The Balaban J connectivity index is 1.80. The number of oxazole rings is 1. The van der Waals surface area contributed by atoms with Crippen molar-refractivity contribution in [1.29, 1.82) is 0 Å². The Labute approximate surface area is 90.3 Å². The maximum atomic E-state index is 5.90. The summed E-state index contributed by atoms with van der Waals surface area (Å²) in [7, 11) is 0. The van der Waals surface area contributed by atoms with Crippen LogP contribution in [-0.2, 0) is 5.41 Å². The number of hydrogen-bond donors (Lipinski definition) is 1. The topological polar surface area (TPSA) is 38.1 Å². The molecule has 3 nitrogen and oxygen atoms in total. The van der Waals surface area contributed by atoms with Gasteiger partial charge in [0, 0.05) is 5.41 Å². The predicted molar refractivity (Wildman–Crippen MR) is 57.7 cm³/mol. The van der Waals surface area contributed by atoms with Gasteiger partial charge in [-0.2, -0.15) is 0 Å². The molecule has 0 bridgehead atoms. The molecule has 15 heavy (non-hydrogen) atoms. The van der Waals surface area contributed by atoms with Gasteiger partial charge in [0.2, 0.25) is 5.89 Å². The Bertz CT molecular complexity index is 348. The Morgan fingerprint density at radius 1 is 1.47 bits per heavy atom. The molecule has 0 amide bonds. The summed E-state index contributed by atoms with van der Waals surface area (Å²) in [5.74, 6) is 1.99. The second kappa shape index (κ2) is 3.34. The summed E-state index contributed by atoms with van der Waals surface area (Å²) in [6.45, 7) is 3.38. The summed E-state index contributed by atoms with van der Waals surface area (Å²) in [5, 5.41) is 3.42. The van der Waals surface area contributed by atoms with Crippen LogP contribution in [0.15, 0.2) is 10.6 Å². The van der Waals surface area contributed by atoms with Crippen LogP contribution in [0.3, 0.4) is 0 Å². The largest absolute Gasteiger partial charge is 0.443 e. The quantitative estimate of drug-likeness (QED) is 0.808. The molecule has 1 unspecified atom stereocenters. The minimum Gasteiger partial charge on any atom is -0.443 e. The fourth-order valence-electron chi connectivity index (χ4n) is 2.58. The molecule has 2 fully saturated rings. The number of aromatic nitrogens is 1. The van der Waals surface area contributed by atoms with Crippen molar-refractivity contribution < 1.29 is 4.42 Å². The summed E-state index contributed by atoms with van der Waals surface area (Å²) in [5.41, 5.74) is 0.282. The molecule has 1 saturated carbocycles. The molecule has 0 radical (unpaired) electrons. The highest BCUT2D eigenvalue weighted by Crippen LogP contribution is 2.43. The Hall–Kier alpha value is -0.830. The zero-order chi connectivity index (χ0) is 10.3. The first-order valence-electron chi connectivity index (χ1n) is 5.97. The second-order valence-electron chi connectivity index (χ2n) is 5.13. The summed E-state index contributed by atoms with van der Waals surface area (Å²) >= 11 is 0. The molecule has 82 valence electrons. The molecular formula is C12H18N2O. The SMILES string of the molecule is CC1(c2cnc(C3CCCN3)o2)CCC1. The van der Waals surface area contributed by atoms with E-state index in [9.17, 15) is 0 Å². The zero-order valence-electron chi connectivity index (χ0n) is 9.25. The minimum atomic E-state index is 0.282. The van der Waals surface area contributed by atoms with Crippen LogP contribution in [0.4, 0.5) is 0 Å². The van der Waals surface area contributed by atoms with Gasteiger partial charge in [-0.1, -0.05) is 13.3 Å². The van der Waals surface area contributed by atoms with Gasteiger partial charge in [-0.3, -0.25) is 0 Å². The van der Waals surface area contributed by atoms with Gasteiger partial charge in [0.25, 0.3) is 0 Å². The Morgan fingerprint density at radius 3 is 2.93 bits per heavy atom. The number of hydrogen-bond acceptors (Lipinski definition) is 3. The molecular weight excluding hydrogens is 188 g/mol. The summed E-state index contributed by atoms with van der Waals surface area (Å²) < 4.78 is 5.90. The van der Waals surface area contributed by atoms with E-state index in [1.165, 1.54) is 25.7 Å². The van der Waals surface area contributed by atoms with Crippen molar-refractivity contribution in [3.63, 3.8) is 0 Å². The lowest BCUT2D eigenvalue weighted by Crippen LogP contribution is -2.29. The lowest BCUT2D eigenvalue weighted by Gasteiger charge is -2.35. The van der Waals surface area contributed by atoms with Crippen LogP contribution < -0.4 is 5.32 Å². The Kier molecular flexibility index (Phi) is 2.09. The first-order chi connectivity index (χ1) is 7.28. The van der Waals surface area contributed by atoms with E-state index in [1.807, 2.05) is 6.20 Å². The maximum Gasteiger partial charge on any atom is 0.211 e. The third-order valence-electron chi connectivity index (χ3n) is 3.93. The fraction of sp³-hybridized carbons (Fsp3) is 0.750. The third kappa shape index (κ3) is 1.49. The first-order valence-corrected chi connectivity index (χ1v) is 5.97. The average molecular weight is 206 g/mol. The van der Waals surface area contributed by atoms with Gasteiger partial charge in [-0.25, -0.2) is 4.98 Å². The van der Waals surface area contributed by atoms with Crippen molar-refractivity contribution in [2.24, 2.45) is 0 Å². The van der Waals surface area contributed by atoms with Crippen LogP contribution in [0, 0.1) is 0 Å². The van der Waals surface area contributed by atoms with Crippen LogP contribution in [-0.4, -0.2) is 11.5 Å². The minimum absolute atomic E-state index is 0.282. The highest BCUT2D eigenvalue weighted by Gasteiger charge is 2.37. The zero-order valence-corrected chi connectivity index (χ0v) is 9.25. The van der Waals surface area contributed by atoms with E-state index in [4.69, 9.17) is 4.42 Å². The lowest BCUT2D eigenvalue weighted by atomic mass is 9.69. The molecule has 1 saturated heterocycles. The van der Waals surface area contributed by atoms with Crippen molar-refractivity contribution in [3.8, 4) is 0 Å². The van der Waals surface area contributed by atoms with E-state index < -0.39 is 0 Å². The van der Waals surface area contributed by atoms with Crippen molar-refractivity contribution in [3.05, 3.63) is 17.8 Å². The summed E-state index contributed by atoms with van der Waals surface area (Å²) in [4.78, 5) is 4.42. The van der Waals surface area contributed by atoms with E-state index in [1.54, 1.807) is 0 Å². The molecule has 3 heteroatoms. The van der Waals surface area contributed by atoms with Crippen LogP contribution in [0.25, 0.3) is 0 Å². The number of rotatable bonds is 2. The van der Waals surface area contributed by atoms with Crippen molar-refractivity contribution in [2.45, 2.75) is 50.5 Å². The Morgan fingerprint density at radius 2 is 2.33 bits per heavy atom. The standard InChI is InChI=1S/C12H18N2O/c1-12(5-3-6-12)10-8-14-11(15-10)9-4-2-7-13-9/h8-9,13H,2-7H2,1H3.